The molecule has 1 N–H and O–H groups in total. The molecule has 0 amide bonds. The molecule has 176 valence electrons. The minimum atomic E-state index is -0.225. The maximum absolute atomic E-state index is 14.0. The van der Waals surface area contributed by atoms with Gasteiger partial charge in [-0.15, -0.1) is 0 Å². The monoisotopic (exact) mass is 432 g/mol. The molecular weight excluding hydrogens is 388 g/mol. The number of Topliss-reactive ketones (excluding diaryl/α,β-unsaturated/α-hetero) is 1. The molecule has 10 atom stereocenters. The summed E-state index contributed by atoms with van der Waals surface area (Å²) in [6.45, 7) is 9.42. The van der Waals surface area contributed by atoms with Crippen LogP contribution in [0.25, 0.3) is 0 Å². The van der Waals surface area contributed by atoms with Crippen molar-refractivity contribution < 1.29 is 19.4 Å². The highest BCUT2D eigenvalue weighted by Gasteiger charge is 2.65. The first-order chi connectivity index (χ1) is 14.7. The van der Waals surface area contributed by atoms with Crippen molar-refractivity contribution in [1.29, 1.82) is 0 Å². The van der Waals surface area contributed by atoms with E-state index in [9.17, 15) is 14.7 Å². The first-order valence-corrected chi connectivity index (χ1v) is 13.0. The number of esters is 1. The van der Waals surface area contributed by atoms with Gasteiger partial charge >= 0.3 is 5.97 Å². The molecule has 4 aliphatic rings. The predicted molar refractivity (Wildman–Crippen MR) is 121 cm³/mol. The zero-order valence-electron chi connectivity index (χ0n) is 20.4. The molecule has 0 aliphatic heterocycles. The van der Waals surface area contributed by atoms with Gasteiger partial charge in [-0.25, -0.2) is 0 Å². The number of ether oxygens (including phenoxy) is 1. The molecule has 31 heavy (non-hydrogen) atoms. The number of carbonyl (C=O) groups excluding carboxylic acids is 2. The van der Waals surface area contributed by atoms with Gasteiger partial charge in [-0.1, -0.05) is 27.7 Å². The Hall–Kier alpha value is -0.900. The van der Waals surface area contributed by atoms with Crippen molar-refractivity contribution >= 4 is 11.8 Å². The third-order valence-corrected chi connectivity index (χ3v) is 10.9. The van der Waals surface area contributed by atoms with Crippen LogP contribution in [0.1, 0.15) is 91.9 Å². The molecule has 0 bridgehead atoms. The number of methoxy groups -OCH3 is 1. The topological polar surface area (TPSA) is 63.6 Å². The summed E-state index contributed by atoms with van der Waals surface area (Å²) >= 11 is 0. The average Bonchev–Trinajstić information content (AvgIpc) is 3.10. The lowest BCUT2D eigenvalue weighted by molar-refractivity contribution is -0.173. The fourth-order valence-electron chi connectivity index (χ4n) is 9.26. The van der Waals surface area contributed by atoms with E-state index in [2.05, 4.69) is 27.7 Å². The largest absolute Gasteiger partial charge is 0.469 e. The molecule has 0 aromatic rings. The lowest BCUT2D eigenvalue weighted by atomic mass is 9.42. The van der Waals surface area contributed by atoms with Gasteiger partial charge < -0.3 is 9.84 Å². The highest BCUT2D eigenvalue weighted by atomic mass is 16.5. The van der Waals surface area contributed by atoms with Crippen molar-refractivity contribution in [3.05, 3.63) is 0 Å². The van der Waals surface area contributed by atoms with E-state index in [-0.39, 0.29) is 34.7 Å². The Morgan fingerprint density at radius 2 is 1.77 bits per heavy atom. The molecule has 0 saturated heterocycles. The maximum atomic E-state index is 14.0. The van der Waals surface area contributed by atoms with Gasteiger partial charge in [0.25, 0.3) is 0 Å². The molecule has 4 nitrogen and oxygen atoms in total. The van der Waals surface area contributed by atoms with E-state index in [4.69, 9.17) is 4.74 Å². The Kier molecular flexibility index (Phi) is 6.35. The van der Waals surface area contributed by atoms with E-state index in [1.807, 2.05) is 0 Å². The van der Waals surface area contributed by atoms with Crippen LogP contribution in [0.5, 0.6) is 0 Å². The predicted octanol–water partition coefficient (Wildman–Crippen LogP) is 5.41. The molecule has 4 fully saturated rings. The Bertz CT molecular complexity index is 703. The van der Waals surface area contributed by atoms with Crippen LogP contribution >= 0.6 is 0 Å². The molecule has 4 aliphatic carbocycles. The molecule has 2 unspecified atom stereocenters. The molecular formula is C27H44O4. The SMILES string of the molecule is CC[C@H]1C(=O)C2C(CC[C@@]3(C)[C@@H]2CC[C@@H]3[C@H](C)CCC(=O)OC)[C@@]2(C)CC[C@@H](O)C[C@@H]12. The number of ketones is 1. The third kappa shape index (κ3) is 3.60. The summed E-state index contributed by atoms with van der Waals surface area (Å²) in [7, 11) is 1.47. The summed E-state index contributed by atoms with van der Waals surface area (Å²) in [6.07, 6.45) is 9.59. The molecule has 0 heterocycles. The van der Waals surface area contributed by atoms with Crippen LogP contribution in [0.3, 0.4) is 0 Å². The van der Waals surface area contributed by atoms with Crippen LogP contribution < -0.4 is 0 Å². The van der Waals surface area contributed by atoms with Crippen LogP contribution in [0.15, 0.2) is 0 Å². The normalized spacial score (nSPS) is 47.8. The second-order valence-electron chi connectivity index (χ2n) is 12.0. The van der Waals surface area contributed by atoms with Gasteiger partial charge in [0.2, 0.25) is 0 Å². The Morgan fingerprint density at radius 1 is 1.10 bits per heavy atom. The number of hydrogen-bond donors (Lipinski definition) is 1. The first kappa shape index (κ1) is 23.3. The number of rotatable bonds is 5. The average molecular weight is 433 g/mol. The highest BCUT2D eigenvalue weighted by Crippen LogP contribution is 2.68. The Morgan fingerprint density at radius 3 is 2.45 bits per heavy atom. The summed E-state index contributed by atoms with van der Waals surface area (Å²) in [6, 6.07) is 0. The van der Waals surface area contributed by atoms with E-state index in [0.29, 0.717) is 41.8 Å². The number of carbonyl (C=O) groups is 2. The van der Waals surface area contributed by atoms with Crippen LogP contribution in [0.2, 0.25) is 0 Å². The van der Waals surface area contributed by atoms with Gasteiger partial charge in [-0.05, 0) is 98.2 Å². The molecule has 0 aromatic carbocycles. The maximum Gasteiger partial charge on any atom is 0.305 e. The Labute approximate surface area is 188 Å². The smallest absolute Gasteiger partial charge is 0.305 e. The summed E-state index contributed by atoms with van der Waals surface area (Å²) in [5, 5.41) is 10.4. The van der Waals surface area contributed by atoms with Crippen LogP contribution in [-0.4, -0.2) is 30.1 Å². The summed E-state index contributed by atoms with van der Waals surface area (Å²) < 4.78 is 4.87. The minimum Gasteiger partial charge on any atom is -0.469 e. The molecule has 0 spiro atoms. The van der Waals surface area contributed by atoms with Crippen LogP contribution in [-0.2, 0) is 14.3 Å². The molecule has 0 aromatic heterocycles. The van der Waals surface area contributed by atoms with Gasteiger partial charge in [0, 0.05) is 18.3 Å². The van der Waals surface area contributed by atoms with Crippen LogP contribution in [0, 0.1) is 52.3 Å². The van der Waals surface area contributed by atoms with Crippen molar-refractivity contribution in [2.24, 2.45) is 52.3 Å². The molecule has 4 rings (SSSR count). The zero-order valence-corrected chi connectivity index (χ0v) is 20.4. The number of fused-ring (bicyclic) bond motifs is 5. The van der Waals surface area contributed by atoms with Crippen LogP contribution in [0.4, 0.5) is 0 Å². The van der Waals surface area contributed by atoms with E-state index >= 15 is 0 Å². The highest BCUT2D eigenvalue weighted by molar-refractivity contribution is 5.86. The summed E-state index contributed by atoms with van der Waals surface area (Å²) in [4.78, 5) is 25.7. The quantitative estimate of drug-likeness (QED) is 0.590. The van der Waals surface area contributed by atoms with E-state index in [1.54, 1.807) is 0 Å². The fourth-order valence-corrected chi connectivity index (χ4v) is 9.26. The second kappa shape index (κ2) is 8.47. The number of aliphatic hydroxyl groups excluding tert-OH is 1. The first-order valence-electron chi connectivity index (χ1n) is 13.0. The third-order valence-electron chi connectivity index (χ3n) is 10.9. The second-order valence-corrected chi connectivity index (χ2v) is 12.0. The van der Waals surface area contributed by atoms with Gasteiger partial charge in [0.15, 0.2) is 0 Å². The van der Waals surface area contributed by atoms with E-state index in [1.165, 1.54) is 20.0 Å². The van der Waals surface area contributed by atoms with E-state index in [0.717, 1.165) is 44.9 Å². The summed E-state index contributed by atoms with van der Waals surface area (Å²) in [5.74, 6) is 3.16. The molecule has 4 heteroatoms. The van der Waals surface area contributed by atoms with Crippen molar-refractivity contribution in [3.63, 3.8) is 0 Å². The van der Waals surface area contributed by atoms with Gasteiger partial charge in [0.1, 0.15) is 5.78 Å². The van der Waals surface area contributed by atoms with E-state index < -0.39 is 0 Å². The van der Waals surface area contributed by atoms with Crippen molar-refractivity contribution in [1.82, 2.24) is 0 Å². The van der Waals surface area contributed by atoms with Gasteiger partial charge in [-0.2, -0.15) is 0 Å². The standard InChI is InChI=1S/C27H44O4/c1-6-18-22-15-17(28)11-13-27(22,4)21-12-14-26(3)19(16(2)7-10-23(29)31-5)8-9-20(26)24(21)25(18)30/h16-22,24,28H,6-15H2,1-5H3/t16-,17-,18-,19-,20-,21?,22+,24?,26-,27-/m1/s1. The zero-order chi connectivity index (χ0) is 22.6. The lowest BCUT2D eigenvalue weighted by Crippen LogP contribution is -2.60. The molecule has 0 radical (unpaired) electrons. The van der Waals surface area contributed by atoms with Crippen molar-refractivity contribution in [3.8, 4) is 0 Å². The fraction of sp³-hybridized carbons (Fsp3) is 0.926. The van der Waals surface area contributed by atoms with Crippen molar-refractivity contribution in [2.45, 2.75) is 98.0 Å². The summed E-state index contributed by atoms with van der Waals surface area (Å²) in [5.41, 5.74) is 0.413. The minimum absolute atomic E-state index is 0.109. The number of hydrogen-bond acceptors (Lipinski definition) is 4. The number of aliphatic hydroxyl groups is 1. The Balaban J connectivity index is 1.59. The van der Waals surface area contributed by atoms with Gasteiger partial charge in [-0.3, -0.25) is 9.59 Å². The lowest BCUT2D eigenvalue weighted by Gasteiger charge is -2.62. The van der Waals surface area contributed by atoms with Gasteiger partial charge in [0.05, 0.1) is 13.2 Å². The van der Waals surface area contributed by atoms with Crippen molar-refractivity contribution in [2.75, 3.05) is 7.11 Å². The molecule has 4 saturated carbocycles.